The van der Waals surface area contributed by atoms with Crippen LogP contribution in [0.15, 0.2) is 52.2 Å². The number of carbonyl (C=O) groups excluding carboxylic acids is 1. The topological polar surface area (TPSA) is 98.1 Å². The van der Waals surface area contributed by atoms with E-state index in [1.54, 1.807) is 41.8 Å². The van der Waals surface area contributed by atoms with Crippen LogP contribution >= 0.6 is 0 Å². The second-order valence-corrected chi connectivity index (χ2v) is 10.0. The van der Waals surface area contributed by atoms with Crippen LogP contribution in [0.5, 0.6) is 0 Å². The Balaban J connectivity index is 1.61. The number of anilines is 1. The van der Waals surface area contributed by atoms with Gasteiger partial charge in [0.25, 0.3) is 11.5 Å². The molecule has 1 N–H and O–H groups in total. The van der Waals surface area contributed by atoms with Crippen LogP contribution in [-0.4, -0.2) is 29.6 Å². The van der Waals surface area contributed by atoms with E-state index >= 15 is 0 Å². The molecule has 0 bridgehead atoms. The van der Waals surface area contributed by atoms with Crippen molar-refractivity contribution >= 4 is 32.3 Å². The van der Waals surface area contributed by atoms with Crippen molar-refractivity contribution < 1.29 is 13.2 Å². The zero-order chi connectivity index (χ0) is 22.0. The highest BCUT2D eigenvalue weighted by Crippen LogP contribution is 2.19. The van der Waals surface area contributed by atoms with E-state index in [9.17, 15) is 18.0 Å². The second kappa shape index (κ2) is 8.63. The van der Waals surface area contributed by atoms with Crippen molar-refractivity contribution in [3.05, 3.63) is 64.2 Å². The highest BCUT2D eigenvalue weighted by molar-refractivity contribution is 7.91. The van der Waals surface area contributed by atoms with Gasteiger partial charge < -0.3 is 5.32 Å². The lowest BCUT2D eigenvalue weighted by atomic mass is 10.1. The maximum atomic E-state index is 12.9. The quantitative estimate of drug-likeness (QED) is 0.670. The summed E-state index contributed by atoms with van der Waals surface area (Å²) in [7, 11) is -3.29. The molecule has 0 saturated carbocycles. The number of aromatic nitrogens is 2. The lowest BCUT2D eigenvalue weighted by Crippen LogP contribution is -2.26. The van der Waals surface area contributed by atoms with Crippen LogP contribution in [0, 0.1) is 0 Å². The molecule has 0 spiro atoms. The first-order valence-electron chi connectivity index (χ1n) is 10.6. The average Bonchev–Trinajstić information content (AvgIpc) is 2.75. The summed E-state index contributed by atoms with van der Waals surface area (Å²) in [4.78, 5) is 30.6. The predicted octanol–water partition coefficient (Wildman–Crippen LogP) is 3.56. The Morgan fingerprint density at radius 3 is 2.55 bits per heavy atom. The number of fused-ring (bicyclic) bond motifs is 2. The lowest BCUT2D eigenvalue weighted by molar-refractivity contribution is 0.102. The fraction of sp³-hybridized carbons (Fsp3) is 0.348. The van der Waals surface area contributed by atoms with Crippen LogP contribution in [-0.2, 0) is 22.8 Å². The number of sulfone groups is 1. The number of carbonyl (C=O) groups is 1. The molecule has 8 heteroatoms. The van der Waals surface area contributed by atoms with Gasteiger partial charge in [-0.2, -0.15) is 0 Å². The smallest absolute Gasteiger partial charge is 0.261 e. The fourth-order valence-electron chi connectivity index (χ4n) is 3.85. The van der Waals surface area contributed by atoms with Crippen LogP contribution in [0.3, 0.4) is 0 Å². The normalized spacial score (nSPS) is 14.5. The highest BCUT2D eigenvalue weighted by atomic mass is 32.2. The molecule has 1 aliphatic heterocycles. The van der Waals surface area contributed by atoms with Crippen molar-refractivity contribution in [3.8, 4) is 0 Å². The Morgan fingerprint density at radius 1 is 1.06 bits per heavy atom. The molecule has 2 aromatic carbocycles. The van der Waals surface area contributed by atoms with Gasteiger partial charge in [-0.25, -0.2) is 13.4 Å². The van der Waals surface area contributed by atoms with E-state index in [4.69, 9.17) is 4.98 Å². The van der Waals surface area contributed by atoms with Crippen LogP contribution < -0.4 is 10.9 Å². The van der Waals surface area contributed by atoms with Crippen LogP contribution in [0.2, 0.25) is 0 Å². The Labute approximate surface area is 181 Å². The summed E-state index contributed by atoms with van der Waals surface area (Å²) in [5, 5.41) is 3.28. The third-order valence-corrected chi connectivity index (χ3v) is 7.43. The van der Waals surface area contributed by atoms with Crippen LogP contribution in [0.1, 0.15) is 48.8 Å². The van der Waals surface area contributed by atoms with Gasteiger partial charge in [-0.05, 0) is 55.3 Å². The number of aryl methyl sites for hydroxylation is 1. The number of rotatable bonds is 4. The summed E-state index contributed by atoms with van der Waals surface area (Å²) in [6.45, 7) is 2.27. The zero-order valence-corrected chi connectivity index (χ0v) is 18.2. The maximum absolute atomic E-state index is 12.9. The summed E-state index contributed by atoms with van der Waals surface area (Å²) in [6.07, 6.45) is 4.98. The summed E-state index contributed by atoms with van der Waals surface area (Å²) >= 11 is 0. The molecule has 162 valence electrons. The number of hydrogen-bond acceptors (Lipinski definition) is 5. The predicted molar refractivity (Wildman–Crippen MR) is 120 cm³/mol. The van der Waals surface area contributed by atoms with E-state index in [2.05, 4.69) is 5.32 Å². The molecule has 0 radical (unpaired) electrons. The minimum absolute atomic E-state index is 0.0203. The molecule has 1 aromatic heterocycles. The molecular formula is C23H25N3O4S. The number of nitrogens with one attached hydrogen (secondary N) is 1. The van der Waals surface area contributed by atoms with Crippen molar-refractivity contribution in [3.63, 3.8) is 0 Å². The Morgan fingerprint density at radius 2 is 1.81 bits per heavy atom. The SMILES string of the molecule is CCS(=O)(=O)c1ccc(NC(=O)c2ccc3c(=O)n4c(nc3c2)CCCCCC4)cc1. The molecule has 1 amide bonds. The Hall–Kier alpha value is -3.00. The van der Waals surface area contributed by atoms with Crippen molar-refractivity contribution in [2.45, 2.75) is 50.5 Å². The van der Waals surface area contributed by atoms with E-state index in [1.807, 2.05) is 0 Å². The Bertz CT molecular complexity index is 1290. The van der Waals surface area contributed by atoms with Crippen molar-refractivity contribution in [2.75, 3.05) is 11.1 Å². The van der Waals surface area contributed by atoms with Gasteiger partial charge in [0.1, 0.15) is 5.82 Å². The third-order valence-electron chi connectivity index (χ3n) is 5.68. The Kier molecular flexibility index (Phi) is 5.91. The van der Waals surface area contributed by atoms with Gasteiger partial charge in [0, 0.05) is 24.2 Å². The molecule has 3 aromatic rings. The molecule has 7 nitrogen and oxygen atoms in total. The van der Waals surface area contributed by atoms with E-state index < -0.39 is 9.84 Å². The molecular weight excluding hydrogens is 414 g/mol. The summed E-state index contributed by atoms with van der Waals surface area (Å²) in [6, 6.07) is 11.0. The summed E-state index contributed by atoms with van der Waals surface area (Å²) in [5.41, 5.74) is 1.35. The van der Waals surface area contributed by atoms with Crippen LogP contribution in [0.25, 0.3) is 10.9 Å². The second-order valence-electron chi connectivity index (χ2n) is 7.76. The molecule has 0 unspecified atom stereocenters. The third kappa shape index (κ3) is 4.39. The lowest BCUT2D eigenvalue weighted by Gasteiger charge is -2.16. The average molecular weight is 440 g/mol. The van der Waals surface area contributed by atoms with E-state index in [-0.39, 0.29) is 22.1 Å². The molecule has 0 atom stereocenters. The molecule has 2 heterocycles. The largest absolute Gasteiger partial charge is 0.322 e. The minimum Gasteiger partial charge on any atom is -0.322 e. The van der Waals surface area contributed by atoms with E-state index in [0.29, 0.717) is 28.7 Å². The van der Waals surface area contributed by atoms with Crippen molar-refractivity contribution in [1.82, 2.24) is 9.55 Å². The van der Waals surface area contributed by atoms with Gasteiger partial charge in [0.05, 0.1) is 21.6 Å². The number of hydrogen-bond donors (Lipinski definition) is 1. The first-order valence-corrected chi connectivity index (χ1v) is 12.2. The van der Waals surface area contributed by atoms with Crippen molar-refractivity contribution in [2.24, 2.45) is 0 Å². The molecule has 0 fully saturated rings. The van der Waals surface area contributed by atoms with Gasteiger partial charge in [-0.15, -0.1) is 0 Å². The van der Waals surface area contributed by atoms with E-state index in [0.717, 1.165) is 37.9 Å². The standard InChI is InChI=1S/C23H25N3O4S/c1-2-31(29,30)18-11-9-17(10-12-18)24-22(27)16-8-13-19-20(15-16)25-21-7-5-3-4-6-14-26(21)23(19)28/h8-13,15H,2-7,14H2,1H3,(H,24,27). The van der Waals surface area contributed by atoms with Gasteiger partial charge in [0.2, 0.25) is 0 Å². The molecule has 31 heavy (non-hydrogen) atoms. The molecule has 4 rings (SSSR count). The number of nitrogens with zero attached hydrogens (tertiary/aromatic N) is 2. The van der Waals surface area contributed by atoms with E-state index in [1.165, 1.54) is 12.1 Å². The molecule has 1 aliphatic rings. The van der Waals surface area contributed by atoms with Crippen LogP contribution in [0.4, 0.5) is 5.69 Å². The first-order chi connectivity index (χ1) is 14.9. The molecule has 0 saturated heterocycles. The maximum Gasteiger partial charge on any atom is 0.261 e. The van der Waals surface area contributed by atoms with Gasteiger partial charge in [0.15, 0.2) is 9.84 Å². The minimum atomic E-state index is -3.29. The molecule has 0 aliphatic carbocycles. The highest BCUT2D eigenvalue weighted by Gasteiger charge is 2.16. The van der Waals surface area contributed by atoms with Gasteiger partial charge in [-0.1, -0.05) is 19.8 Å². The van der Waals surface area contributed by atoms with Crippen molar-refractivity contribution in [1.29, 1.82) is 0 Å². The fourth-order valence-corrected chi connectivity index (χ4v) is 4.74. The zero-order valence-electron chi connectivity index (χ0n) is 17.4. The number of benzene rings is 2. The van der Waals surface area contributed by atoms with Gasteiger partial charge >= 0.3 is 0 Å². The van der Waals surface area contributed by atoms with Gasteiger partial charge in [-0.3, -0.25) is 14.2 Å². The first kappa shape index (κ1) is 21.2. The monoisotopic (exact) mass is 439 g/mol. The number of amides is 1. The summed E-state index contributed by atoms with van der Waals surface area (Å²) < 4.78 is 25.6. The summed E-state index contributed by atoms with van der Waals surface area (Å²) in [5.74, 6) is 0.455.